The summed E-state index contributed by atoms with van der Waals surface area (Å²) in [5.41, 5.74) is 0. The van der Waals surface area contributed by atoms with E-state index in [4.69, 9.17) is 0 Å². The molecule has 2 rings (SSSR count). The summed E-state index contributed by atoms with van der Waals surface area (Å²) in [6, 6.07) is 0.709. The first-order valence-electron chi connectivity index (χ1n) is 7.91. The molecule has 18 heavy (non-hydrogen) atoms. The highest BCUT2D eigenvalue weighted by Crippen LogP contribution is 2.24. The van der Waals surface area contributed by atoms with E-state index in [1.54, 1.807) is 0 Å². The third-order valence-corrected chi connectivity index (χ3v) is 4.72. The molecule has 0 aromatic carbocycles. The van der Waals surface area contributed by atoms with Crippen molar-refractivity contribution in [2.45, 2.75) is 64.0 Å². The fraction of sp³-hybridized carbons (Fsp3) is 1.00. The van der Waals surface area contributed by atoms with Gasteiger partial charge in [-0.25, -0.2) is 0 Å². The summed E-state index contributed by atoms with van der Waals surface area (Å²) < 4.78 is 0. The van der Waals surface area contributed by atoms with Crippen LogP contribution in [0.25, 0.3) is 0 Å². The fourth-order valence-electron chi connectivity index (χ4n) is 3.46. The van der Waals surface area contributed by atoms with Gasteiger partial charge in [0.2, 0.25) is 0 Å². The van der Waals surface area contributed by atoms with Crippen molar-refractivity contribution in [2.24, 2.45) is 5.92 Å². The highest BCUT2D eigenvalue weighted by Gasteiger charge is 2.21. The van der Waals surface area contributed by atoms with Gasteiger partial charge in [0.1, 0.15) is 0 Å². The second-order valence-corrected chi connectivity index (χ2v) is 6.16. The molecule has 0 amide bonds. The molecule has 2 aliphatic rings. The van der Waals surface area contributed by atoms with Crippen LogP contribution in [0.4, 0.5) is 0 Å². The van der Waals surface area contributed by atoms with Crippen molar-refractivity contribution >= 4 is 0 Å². The third kappa shape index (κ3) is 4.52. The summed E-state index contributed by atoms with van der Waals surface area (Å²) in [6.45, 7) is 7.10. The van der Waals surface area contributed by atoms with E-state index in [-0.39, 0.29) is 6.10 Å². The topological polar surface area (TPSA) is 35.5 Å². The SMILES string of the molecule is CCN1CCCC(NCC2CCCC(O)C2)CC1. The number of aliphatic hydroxyl groups is 1. The van der Waals surface area contributed by atoms with Gasteiger partial charge in [-0.2, -0.15) is 0 Å². The minimum Gasteiger partial charge on any atom is -0.393 e. The summed E-state index contributed by atoms with van der Waals surface area (Å²) in [5, 5.41) is 13.5. The molecule has 3 atom stereocenters. The van der Waals surface area contributed by atoms with Gasteiger partial charge in [-0.1, -0.05) is 13.3 Å². The molecule has 0 spiro atoms. The molecule has 0 radical (unpaired) electrons. The molecule has 106 valence electrons. The van der Waals surface area contributed by atoms with E-state index >= 15 is 0 Å². The van der Waals surface area contributed by atoms with Gasteiger partial charge in [-0.3, -0.25) is 0 Å². The summed E-state index contributed by atoms with van der Waals surface area (Å²) in [7, 11) is 0. The Hall–Kier alpha value is -0.120. The second-order valence-electron chi connectivity index (χ2n) is 6.16. The molecule has 0 aromatic heterocycles. The smallest absolute Gasteiger partial charge is 0.0543 e. The van der Waals surface area contributed by atoms with E-state index < -0.39 is 0 Å². The van der Waals surface area contributed by atoms with Gasteiger partial charge in [0.15, 0.2) is 0 Å². The third-order valence-electron chi connectivity index (χ3n) is 4.72. The zero-order chi connectivity index (χ0) is 12.8. The minimum absolute atomic E-state index is 0.0322. The van der Waals surface area contributed by atoms with Crippen LogP contribution in [-0.2, 0) is 0 Å². The van der Waals surface area contributed by atoms with Crippen LogP contribution in [0.15, 0.2) is 0 Å². The van der Waals surface area contributed by atoms with Crippen molar-refractivity contribution in [1.29, 1.82) is 0 Å². The predicted molar refractivity (Wildman–Crippen MR) is 75.7 cm³/mol. The molecule has 1 aliphatic heterocycles. The van der Waals surface area contributed by atoms with Crippen molar-refractivity contribution in [2.75, 3.05) is 26.2 Å². The number of likely N-dealkylation sites (tertiary alicyclic amines) is 1. The summed E-state index contributed by atoms with van der Waals surface area (Å²) in [6.07, 6.45) is 8.47. The Kier molecular flexibility index (Phi) is 5.93. The lowest BCUT2D eigenvalue weighted by molar-refractivity contribution is 0.0993. The van der Waals surface area contributed by atoms with Gasteiger partial charge in [0.25, 0.3) is 0 Å². The molecule has 1 aliphatic carbocycles. The molecule has 3 unspecified atom stereocenters. The van der Waals surface area contributed by atoms with Gasteiger partial charge in [-0.15, -0.1) is 0 Å². The zero-order valence-electron chi connectivity index (χ0n) is 11.9. The Labute approximate surface area is 112 Å². The van der Waals surface area contributed by atoms with E-state index in [9.17, 15) is 5.11 Å². The van der Waals surface area contributed by atoms with Crippen molar-refractivity contribution < 1.29 is 5.11 Å². The van der Waals surface area contributed by atoms with Crippen LogP contribution in [-0.4, -0.2) is 48.3 Å². The van der Waals surface area contributed by atoms with Crippen LogP contribution in [0, 0.1) is 5.92 Å². The number of hydrogen-bond acceptors (Lipinski definition) is 3. The van der Waals surface area contributed by atoms with Gasteiger partial charge < -0.3 is 15.3 Å². The molecule has 3 nitrogen and oxygen atoms in total. The Morgan fingerprint density at radius 3 is 2.78 bits per heavy atom. The monoisotopic (exact) mass is 254 g/mol. The van der Waals surface area contributed by atoms with Gasteiger partial charge in [0.05, 0.1) is 6.10 Å². The van der Waals surface area contributed by atoms with Gasteiger partial charge in [0, 0.05) is 6.04 Å². The fourth-order valence-corrected chi connectivity index (χ4v) is 3.46. The Balaban J connectivity index is 1.66. The van der Waals surface area contributed by atoms with Crippen molar-refractivity contribution in [3.05, 3.63) is 0 Å². The molecule has 1 saturated carbocycles. The average molecular weight is 254 g/mol. The molecule has 0 bridgehead atoms. The first-order valence-corrected chi connectivity index (χ1v) is 7.91. The van der Waals surface area contributed by atoms with Crippen molar-refractivity contribution in [3.8, 4) is 0 Å². The largest absolute Gasteiger partial charge is 0.393 e. The highest BCUT2D eigenvalue weighted by molar-refractivity contribution is 4.78. The molecule has 1 heterocycles. The van der Waals surface area contributed by atoms with Crippen molar-refractivity contribution in [1.82, 2.24) is 10.2 Å². The van der Waals surface area contributed by atoms with E-state index in [0.29, 0.717) is 12.0 Å². The van der Waals surface area contributed by atoms with Crippen LogP contribution in [0.2, 0.25) is 0 Å². The van der Waals surface area contributed by atoms with Crippen LogP contribution >= 0.6 is 0 Å². The maximum absolute atomic E-state index is 9.69. The van der Waals surface area contributed by atoms with E-state index in [2.05, 4.69) is 17.1 Å². The summed E-state index contributed by atoms with van der Waals surface area (Å²) in [4.78, 5) is 2.56. The van der Waals surface area contributed by atoms with E-state index in [1.165, 1.54) is 51.7 Å². The number of nitrogens with one attached hydrogen (secondary N) is 1. The number of nitrogens with zero attached hydrogens (tertiary/aromatic N) is 1. The molecule has 3 heteroatoms. The van der Waals surface area contributed by atoms with Crippen LogP contribution < -0.4 is 5.32 Å². The van der Waals surface area contributed by atoms with Crippen molar-refractivity contribution in [3.63, 3.8) is 0 Å². The predicted octanol–water partition coefficient (Wildman–Crippen LogP) is 2.00. The molecule has 1 saturated heterocycles. The standard InChI is InChI=1S/C15H30N2O/c1-2-17-9-4-6-14(8-10-17)16-12-13-5-3-7-15(18)11-13/h13-16,18H,2-12H2,1H3. The van der Waals surface area contributed by atoms with Crippen LogP contribution in [0.5, 0.6) is 0 Å². The summed E-state index contributed by atoms with van der Waals surface area (Å²) >= 11 is 0. The Morgan fingerprint density at radius 1 is 1.11 bits per heavy atom. The maximum Gasteiger partial charge on any atom is 0.0543 e. The minimum atomic E-state index is -0.0322. The second kappa shape index (κ2) is 7.46. The van der Waals surface area contributed by atoms with E-state index in [1.807, 2.05) is 0 Å². The Bertz CT molecular complexity index is 235. The number of rotatable bonds is 4. The first-order chi connectivity index (χ1) is 8.78. The molecule has 0 aromatic rings. The average Bonchev–Trinajstić information content (AvgIpc) is 2.61. The van der Waals surface area contributed by atoms with Gasteiger partial charge in [-0.05, 0) is 70.6 Å². The van der Waals surface area contributed by atoms with E-state index in [0.717, 1.165) is 19.4 Å². The quantitative estimate of drug-likeness (QED) is 0.805. The zero-order valence-corrected chi connectivity index (χ0v) is 11.9. The first kappa shape index (κ1) is 14.3. The Morgan fingerprint density at radius 2 is 2.00 bits per heavy atom. The molecule has 2 fully saturated rings. The summed E-state index contributed by atoms with van der Waals surface area (Å²) in [5.74, 6) is 0.708. The van der Waals surface area contributed by atoms with Crippen LogP contribution in [0.3, 0.4) is 0 Å². The lowest BCUT2D eigenvalue weighted by atomic mass is 9.87. The highest BCUT2D eigenvalue weighted by atomic mass is 16.3. The lowest BCUT2D eigenvalue weighted by Gasteiger charge is -2.28. The number of aliphatic hydroxyl groups excluding tert-OH is 1. The molecule has 2 N–H and O–H groups in total. The normalized spacial score (nSPS) is 35.3. The van der Waals surface area contributed by atoms with Crippen LogP contribution in [0.1, 0.15) is 51.9 Å². The molecular weight excluding hydrogens is 224 g/mol. The lowest BCUT2D eigenvalue weighted by Crippen LogP contribution is -2.36. The number of hydrogen-bond donors (Lipinski definition) is 2. The molecular formula is C15H30N2O. The van der Waals surface area contributed by atoms with Gasteiger partial charge >= 0.3 is 0 Å². The maximum atomic E-state index is 9.69.